The number of carbonyl (C=O) groups is 1. The van der Waals surface area contributed by atoms with E-state index in [1.54, 1.807) is 0 Å². The van der Waals surface area contributed by atoms with Crippen LogP contribution in [-0.2, 0) is 16.0 Å². The minimum atomic E-state index is -2.33. The van der Waals surface area contributed by atoms with E-state index in [0.29, 0.717) is 5.75 Å². The molecule has 0 atom stereocenters. The number of halogens is 5. The van der Waals surface area contributed by atoms with Crippen molar-refractivity contribution in [1.82, 2.24) is 0 Å². The summed E-state index contributed by atoms with van der Waals surface area (Å²) in [5, 5.41) is 0. The van der Waals surface area contributed by atoms with Crippen molar-refractivity contribution in [3.8, 4) is 11.5 Å². The first kappa shape index (κ1) is 28.6. The number of carbonyl (C=O) groups excluding carboxylic acids is 1. The van der Waals surface area contributed by atoms with Gasteiger partial charge in [-0.25, -0.2) is 13.2 Å². The predicted octanol–water partition coefficient (Wildman–Crippen LogP) is 7.07. The molecule has 0 radical (unpaired) electrons. The Kier molecular flexibility index (Phi) is 12.5. The van der Waals surface area contributed by atoms with Crippen molar-refractivity contribution in [3.63, 3.8) is 0 Å². The lowest BCUT2D eigenvalue weighted by Gasteiger charge is -2.10. The number of hydrogen-bond donors (Lipinski definition) is 0. The van der Waals surface area contributed by atoms with Crippen LogP contribution in [0.25, 0.3) is 0 Å². The molecule has 0 bridgehead atoms. The van der Waals surface area contributed by atoms with Gasteiger partial charge in [-0.1, -0.05) is 57.6 Å². The van der Waals surface area contributed by atoms with Gasteiger partial charge in [-0.2, -0.15) is 8.78 Å². The van der Waals surface area contributed by atoms with Crippen LogP contribution in [0.15, 0.2) is 24.3 Å². The zero-order chi connectivity index (χ0) is 25.6. The van der Waals surface area contributed by atoms with Gasteiger partial charge in [-0.3, -0.25) is 4.79 Å². The molecule has 0 aliphatic rings. The third-order valence-electron chi connectivity index (χ3n) is 5.32. The molecule has 0 N–H and O–H groups in total. The Bertz CT molecular complexity index is 905. The van der Waals surface area contributed by atoms with Gasteiger partial charge in [0.15, 0.2) is 0 Å². The van der Waals surface area contributed by atoms with Crippen LogP contribution in [0.4, 0.5) is 22.0 Å². The maximum Gasteiger partial charge on any atom is 0.313 e. The highest BCUT2D eigenvalue weighted by Crippen LogP contribution is 2.29. The van der Waals surface area contributed by atoms with Crippen molar-refractivity contribution in [2.75, 3.05) is 19.8 Å². The van der Waals surface area contributed by atoms with E-state index in [1.807, 2.05) is 24.3 Å². The van der Waals surface area contributed by atoms with Crippen LogP contribution in [0.2, 0.25) is 0 Å². The van der Waals surface area contributed by atoms with Gasteiger partial charge in [0.05, 0.1) is 19.6 Å². The van der Waals surface area contributed by atoms with Crippen LogP contribution < -0.4 is 9.47 Å². The van der Waals surface area contributed by atoms with Crippen LogP contribution in [0.1, 0.15) is 63.9 Å². The summed E-state index contributed by atoms with van der Waals surface area (Å²) in [6.07, 6.45) is 9.42. The Labute approximate surface area is 202 Å². The molecule has 35 heavy (non-hydrogen) atoms. The monoisotopic (exact) mass is 502 g/mol. The second-order valence-corrected chi connectivity index (χ2v) is 8.10. The van der Waals surface area contributed by atoms with Crippen molar-refractivity contribution < 1.29 is 41.0 Å². The topological polar surface area (TPSA) is 44.8 Å². The molecule has 0 aliphatic carbocycles. The van der Waals surface area contributed by atoms with E-state index in [9.17, 15) is 26.7 Å². The van der Waals surface area contributed by atoms with Crippen molar-refractivity contribution in [2.24, 2.45) is 0 Å². The normalized spacial score (nSPS) is 11.0. The fourth-order valence-corrected chi connectivity index (χ4v) is 3.35. The Morgan fingerprint density at radius 2 is 1.29 bits per heavy atom. The summed E-state index contributed by atoms with van der Waals surface area (Å²) in [5.41, 5.74) is 1.24. The molecule has 0 spiro atoms. The predicted molar refractivity (Wildman–Crippen MR) is 121 cm³/mol. The fraction of sp³-hybridized carbons (Fsp3) is 0.500. The highest BCUT2D eigenvalue weighted by Gasteiger charge is 2.28. The van der Waals surface area contributed by atoms with Gasteiger partial charge < -0.3 is 14.2 Å². The molecule has 0 aliphatic heterocycles. The van der Waals surface area contributed by atoms with Gasteiger partial charge in [0, 0.05) is 0 Å². The number of rotatable bonds is 16. The quantitative estimate of drug-likeness (QED) is 0.0615. The van der Waals surface area contributed by atoms with Crippen molar-refractivity contribution >= 4 is 5.97 Å². The lowest BCUT2D eigenvalue weighted by Crippen LogP contribution is -2.16. The first-order chi connectivity index (χ1) is 16.8. The van der Waals surface area contributed by atoms with Gasteiger partial charge in [-0.15, -0.1) is 0 Å². The molecule has 2 rings (SSSR count). The van der Waals surface area contributed by atoms with Crippen LogP contribution in [0, 0.1) is 29.1 Å². The average Bonchev–Trinajstić information content (AvgIpc) is 2.86. The summed E-state index contributed by atoms with van der Waals surface area (Å²) >= 11 is 0. The Morgan fingerprint density at radius 1 is 0.714 bits per heavy atom. The highest BCUT2D eigenvalue weighted by molar-refractivity contribution is 5.72. The van der Waals surface area contributed by atoms with Crippen LogP contribution in [0.3, 0.4) is 0 Å². The lowest BCUT2D eigenvalue weighted by atomic mass is 10.0. The molecular weight excluding hydrogens is 471 g/mol. The third kappa shape index (κ3) is 9.47. The number of benzene rings is 2. The van der Waals surface area contributed by atoms with Gasteiger partial charge in [0.25, 0.3) is 0 Å². The molecule has 2 aromatic rings. The summed E-state index contributed by atoms with van der Waals surface area (Å²) in [6.45, 7) is 2.34. The van der Waals surface area contributed by atoms with Crippen LogP contribution >= 0.6 is 0 Å². The lowest BCUT2D eigenvalue weighted by molar-refractivity contribution is -0.136. The Hall–Kier alpha value is -2.68. The van der Waals surface area contributed by atoms with Crippen LogP contribution in [-0.4, -0.2) is 25.8 Å². The summed E-state index contributed by atoms with van der Waals surface area (Å²) in [4.78, 5) is 11.7. The first-order valence-electron chi connectivity index (χ1n) is 11.9. The minimum absolute atomic E-state index is 0.121. The third-order valence-corrected chi connectivity index (χ3v) is 5.32. The molecule has 4 nitrogen and oxygen atoms in total. The molecule has 194 valence electrons. The summed E-state index contributed by atoms with van der Waals surface area (Å²) < 4.78 is 81.4. The van der Waals surface area contributed by atoms with E-state index in [-0.39, 0.29) is 19.8 Å². The van der Waals surface area contributed by atoms with E-state index in [1.165, 1.54) is 44.1 Å². The highest BCUT2D eigenvalue weighted by atomic mass is 19.2. The summed E-state index contributed by atoms with van der Waals surface area (Å²) in [7, 11) is 0. The summed E-state index contributed by atoms with van der Waals surface area (Å²) in [5.74, 6) is -13.3. The Morgan fingerprint density at radius 3 is 1.91 bits per heavy atom. The molecule has 0 saturated carbocycles. The van der Waals surface area contributed by atoms with Crippen LogP contribution in [0.5, 0.6) is 11.5 Å². The molecule has 0 amide bonds. The number of ether oxygens (including phenoxy) is 3. The van der Waals surface area contributed by atoms with E-state index >= 15 is 0 Å². The standard InChI is InChI=1S/C26H31F5O4/c1-2-3-4-5-6-7-8-9-18-10-12-19(13-11-18)34-17-16-33-15-14-20(32)35-26-24(30)22(28)21(27)23(29)25(26)31/h10-13H,2-9,14-17H2,1H3. The number of esters is 1. The smallest absolute Gasteiger partial charge is 0.313 e. The maximum absolute atomic E-state index is 13.5. The Balaban J connectivity index is 1.60. The zero-order valence-electron chi connectivity index (χ0n) is 19.8. The van der Waals surface area contributed by atoms with Crippen molar-refractivity contribution in [3.05, 3.63) is 58.9 Å². The SMILES string of the molecule is CCCCCCCCCc1ccc(OCCOCCC(=O)Oc2c(F)c(F)c(F)c(F)c2F)cc1. The maximum atomic E-state index is 13.5. The number of hydrogen-bond acceptors (Lipinski definition) is 4. The molecule has 0 aromatic heterocycles. The number of aryl methyl sites for hydroxylation is 1. The molecule has 0 fully saturated rings. The van der Waals surface area contributed by atoms with Crippen molar-refractivity contribution in [2.45, 2.75) is 64.7 Å². The molecule has 0 unspecified atom stereocenters. The van der Waals surface area contributed by atoms with E-state index in [2.05, 4.69) is 11.7 Å². The van der Waals surface area contributed by atoms with Gasteiger partial charge in [0.1, 0.15) is 12.4 Å². The minimum Gasteiger partial charge on any atom is -0.491 e. The van der Waals surface area contributed by atoms with Gasteiger partial charge >= 0.3 is 5.97 Å². The zero-order valence-corrected chi connectivity index (χ0v) is 19.8. The van der Waals surface area contributed by atoms with Gasteiger partial charge in [0.2, 0.25) is 34.8 Å². The second-order valence-electron chi connectivity index (χ2n) is 8.10. The molecule has 2 aromatic carbocycles. The molecule has 9 heteroatoms. The van der Waals surface area contributed by atoms with E-state index < -0.39 is 47.2 Å². The molecule has 0 heterocycles. The van der Waals surface area contributed by atoms with E-state index in [4.69, 9.17) is 9.47 Å². The van der Waals surface area contributed by atoms with Crippen molar-refractivity contribution in [1.29, 1.82) is 0 Å². The molecule has 0 saturated heterocycles. The second kappa shape index (κ2) is 15.3. The largest absolute Gasteiger partial charge is 0.491 e. The van der Waals surface area contributed by atoms with Gasteiger partial charge in [-0.05, 0) is 30.5 Å². The number of unbranched alkanes of at least 4 members (excludes halogenated alkanes) is 6. The van der Waals surface area contributed by atoms with E-state index in [0.717, 1.165) is 12.8 Å². The molecular formula is C26H31F5O4. The fourth-order valence-electron chi connectivity index (χ4n) is 3.35. The first-order valence-corrected chi connectivity index (χ1v) is 11.9. The average molecular weight is 503 g/mol. The summed E-state index contributed by atoms with van der Waals surface area (Å²) in [6, 6.07) is 7.78.